The van der Waals surface area contributed by atoms with Gasteiger partial charge in [-0.2, -0.15) is 0 Å². The van der Waals surface area contributed by atoms with Crippen LogP contribution < -0.4 is 4.74 Å². The molecule has 1 aromatic heterocycles. The molecule has 0 amide bonds. The molecule has 0 fully saturated rings. The number of fused-ring (bicyclic) bond motifs is 1. The highest BCUT2D eigenvalue weighted by atomic mass is 79.9. The molecule has 2 nitrogen and oxygen atoms in total. The van der Waals surface area contributed by atoms with Crippen LogP contribution in [-0.4, -0.2) is 12.1 Å². The summed E-state index contributed by atoms with van der Waals surface area (Å²) in [5, 5.41) is 1.16. The Hall–Kier alpha value is -1.09. The smallest absolute Gasteiger partial charge is 0.120 e. The zero-order valence-electron chi connectivity index (χ0n) is 9.62. The van der Waals surface area contributed by atoms with Gasteiger partial charge in [0.1, 0.15) is 5.75 Å². The lowest BCUT2D eigenvalue weighted by Crippen LogP contribution is -1.93. The first kappa shape index (κ1) is 11.4. The van der Waals surface area contributed by atoms with Gasteiger partial charge < -0.3 is 4.74 Å². The Bertz CT molecular complexity index is 523. The Kier molecular flexibility index (Phi) is 3.15. The van der Waals surface area contributed by atoms with E-state index in [1.54, 1.807) is 7.11 Å². The largest absolute Gasteiger partial charge is 0.497 e. The lowest BCUT2D eigenvalue weighted by Gasteiger charge is -2.11. The molecular formula is C13H14BrNO. The van der Waals surface area contributed by atoms with Gasteiger partial charge in [0.15, 0.2) is 0 Å². The van der Waals surface area contributed by atoms with Crippen LogP contribution in [0.15, 0.2) is 28.9 Å². The topological polar surface area (TPSA) is 22.1 Å². The van der Waals surface area contributed by atoms with E-state index < -0.39 is 0 Å². The molecule has 0 aliphatic carbocycles. The van der Waals surface area contributed by atoms with Crippen molar-refractivity contribution in [3.63, 3.8) is 0 Å². The molecule has 1 heterocycles. The SMILES string of the molecule is COc1cc(Br)c2nccc(C(C)C)c2c1. The average molecular weight is 280 g/mol. The van der Waals surface area contributed by atoms with E-state index in [4.69, 9.17) is 4.74 Å². The van der Waals surface area contributed by atoms with Crippen molar-refractivity contribution in [3.8, 4) is 5.75 Å². The van der Waals surface area contributed by atoms with E-state index in [0.717, 1.165) is 21.1 Å². The molecule has 2 aromatic rings. The Morgan fingerprint density at radius 3 is 2.69 bits per heavy atom. The summed E-state index contributed by atoms with van der Waals surface area (Å²) in [7, 11) is 1.68. The third-order valence-electron chi connectivity index (χ3n) is 2.66. The van der Waals surface area contributed by atoms with Gasteiger partial charge in [-0.15, -0.1) is 0 Å². The fraction of sp³-hybridized carbons (Fsp3) is 0.308. The number of aromatic nitrogens is 1. The van der Waals surface area contributed by atoms with Crippen molar-refractivity contribution < 1.29 is 4.74 Å². The second kappa shape index (κ2) is 4.42. The zero-order chi connectivity index (χ0) is 11.7. The van der Waals surface area contributed by atoms with Crippen LogP contribution in [0.3, 0.4) is 0 Å². The molecule has 0 atom stereocenters. The first-order chi connectivity index (χ1) is 7.63. The molecule has 0 unspecified atom stereocenters. The predicted molar refractivity (Wildman–Crippen MR) is 70.1 cm³/mol. The predicted octanol–water partition coefficient (Wildman–Crippen LogP) is 4.13. The van der Waals surface area contributed by atoms with Crippen molar-refractivity contribution in [1.29, 1.82) is 0 Å². The van der Waals surface area contributed by atoms with Crippen molar-refractivity contribution in [2.75, 3.05) is 7.11 Å². The van der Waals surface area contributed by atoms with Gasteiger partial charge in [0.05, 0.1) is 12.6 Å². The zero-order valence-corrected chi connectivity index (χ0v) is 11.2. The molecule has 16 heavy (non-hydrogen) atoms. The summed E-state index contributed by atoms with van der Waals surface area (Å²) in [5.74, 6) is 1.33. The van der Waals surface area contributed by atoms with Crippen molar-refractivity contribution in [2.24, 2.45) is 0 Å². The fourth-order valence-corrected chi connectivity index (χ4v) is 2.37. The number of hydrogen-bond donors (Lipinski definition) is 0. The summed E-state index contributed by atoms with van der Waals surface area (Å²) in [6, 6.07) is 6.06. The normalized spacial score (nSPS) is 11.1. The number of benzene rings is 1. The van der Waals surface area contributed by atoms with Gasteiger partial charge in [0, 0.05) is 16.1 Å². The van der Waals surface area contributed by atoms with Crippen molar-refractivity contribution in [3.05, 3.63) is 34.4 Å². The van der Waals surface area contributed by atoms with Gasteiger partial charge >= 0.3 is 0 Å². The van der Waals surface area contributed by atoms with Crippen LogP contribution in [0.25, 0.3) is 10.9 Å². The summed E-state index contributed by atoms with van der Waals surface area (Å²) in [6.45, 7) is 4.37. The molecule has 2 rings (SSSR count). The number of nitrogens with zero attached hydrogens (tertiary/aromatic N) is 1. The van der Waals surface area contributed by atoms with Crippen LogP contribution in [0, 0.1) is 0 Å². The molecule has 0 radical (unpaired) electrons. The fourth-order valence-electron chi connectivity index (χ4n) is 1.83. The van der Waals surface area contributed by atoms with Crippen LogP contribution in [0.2, 0.25) is 0 Å². The van der Waals surface area contributed by atoms with Gasteiger partial charge in [-0.1, -0.05) is 13.8 Å². The van der Waals surface area contributed by atoms with Gasteiger partial charge in [0.25, 0.3) is 0 Å². The average Bonchev–Trinajstić information content (AvgIpc) is 2.28. The van der Waals surface area contributed by atoms with Gasteiger partial charge in [-0.25, -0.2) is 0 Å². The van der Waals surface area contributed by atoms with E-state index in [1.807, 2.05) is 18.3 Å². The minimum atomic E-state index is 0.476. The van der Waals surface area contributed by atoms with Crippen LogP contribution in [0.5, 0.6) is 5.75 Å². The van der Waals surface area contributed by atoms with Crippen LogP contribution in [-0.2, 0) is 0 Å². The van der Waals surface area contributed by atoms with Gasteiger partial charge in [-0.3, -0.25) is 4.98 Å². The maximum absolute atomic E-state index is 5.28. The summed E-state index contributed by atoms with van der Waals surface area (Å²) < 4.78 is 6.26. The molecule has 1 aromatic carbocycles. The van der Waals surface area contributed by atoms with Crippen LogP contribution >= 0.6 is 15.9 Å². The molecule has 0 N–H and O–H groups in total. The Morgan fingerprint density at radius 1 is 1.31 bits per heavy atom. The number of rotatable bonds is 2. The minimum absolute atomic E-state index is 0.476. The van der Waals surface area contributed by atoms with E-state index >= 15 is 0 Å². The molecule has 0 bridgehead atoms. The van der Waals surface area contributed by atoms with E-state index in [0.29, 0.717) is 5.92 Å². The second-order valence-electron chi connectivity index (χ2n) is 4.06. The van der Waals surface area contributed by atoms with Crippen molar-refractivity contribution in [2.45, 2.75) is 19.8 Å². The number of halogens is 1. The number of ether oxygens (including phenoxy) is 1. The maximum Gasteiger partial charge on any atom is 0.120 e. The number of pyridine rings is 1. The molecular weight excluding hydrogens is 266 g/mol. The second-order valence-corrected chi connectivity index (χ2v) is 4.91. The van der Waals surface area contributed by atoms with E-state index in [2.05, 4.69) is 40.8 Å². The highest BCUT2D eigenvalue weighted by Gasteiger charge is 2.09. The molecule has 0 aliphatic heterocycles. The summed E-state index contributed by atoms with van der Waals surface area (Å²) in [5.41, 5.74) is 2.29. The van der Waals surface area contributed by atoms with E-state index in [1.165, 1.54) is 5.56 Å². The number of methoxy groups -OCH3 is 1. The highest BCUT2D eigenvalue weighted by Crippen LogP contribution is 2.32. The van der Waals surface area contributed by atoms with Gasteiger partial charge in [0.2, 0.25) is 0 Å². The minimum Gasteiger partial charge on any atom is -0.497 e. The van der Waals surface area contributed by atoms with Gasteiger partial charge in [-0.05, 0) is 45.6 Å². The lowest BCUT2D eigenvalue weighted by atomic mass is 9.99. The summed E-state index contributed by atoms with van der Waals surface area (Å²) in [4.78, 5) is 4.40. The molecule has 0 aliphatic rings. The summed E-state index contributed by atoms with van der Waals surface area (Å²) >= 11 is 3.53. The highest BCUT2D eigenvalue weighted by molar-refractivity contribution is 9.10. The molecule has 0 spiro atoms. The first-order valence-corrected chi connectivity index (χ1v) is 6.05. The molecule has 0 saturated carbocycles. The third-order valence-corrected chi connectivity index (χ3v) is 3.27. The summed E-state index contributed by atoms with van der Waals surface area (Å²) in [6.07, 6.45) is 1.86. The van der Waals surface area contributed by atoms with Crippen LogP contribution in [0.4, 0.5) is 0 Å². The van der Waals surface area contributed by atoms with Crippen LogP contribution in [0.1, 0.15) is 25.3 Å². The van der Waals surface area contributed by atoms with Crippen molar-refractivity contribution >= 4 is 26.8 Å². The Morgan fingerprint density at radius 2 is 2.06 bits per heavy atom. The Balaban J connectivity index is 2.79. The molecule has 3 heteroatoms. The monoisotopic (exact) mass is 279 g/mol. The third kappa shape index (κ3) is 1.92. The first-order valence-electron chi connectivity index (χ1n) is 5.25. The standard InChI is InChI=1S/C13H14BrNO/c1-8(2)10-4-5-15-13-11(10)6-9(16-3)7-12(13)14/h4-8H,1-3H3. The maximum atomic E-state index is 5.28. The lowest BCUT2D eigenvalue weighted by molar-refractivity contribution is 0.415. The van der Waals surface area contributed by atoms with E-state index in [9.17, 15) is 0 Å². The number of hydrogen-bond acceptors (Lipinski definition) is 2. The Labute approximate surface area is 104 Å². The quantitative estimate of drug-likeness (QED) is 0.825. The molecule has 0 saturated heterocycles. The molecule has 84 valence electrons. The van der Waals surface area contributed by atoms with E-state index in [-0.39, 0.29) is 0 Å². The van der Waals surface area contributed by atoms with Crippen molar-refractivity contribution in [1.82, 2.24) is 4.98 Å².